The maximum absolute atomic E-state index is 13.6. The quantitative estimate of drug-likeness (QED) is 0.498. The molecule has 1 aliphatic heterocycles. The summed E-state index contributed by atoms with van der Waals surface area (Å²) in [4.78, 5) is 33.2. The van der Waals surface area contributed by atoms with Crippen molar-refractivity contribution in [2.24, 2.45) is 0 Å². The Hall–Kier alpha value is -3.48. The molecule has 1 fully saturated rings. The molecular formula is C28H30N2O4. The highest BCUT2D eigenvalue weighted by atomic mass is 16.7. The van der Waals surface area contributed by atoms with Crippen LogP contribution in [0.25, 0.3) is 11.1 Å². The van der Waals surface area contributed by atoms with Crippen molar-refractivity contribution in [3.8, 4) is 11.1 Å². The highest BCUT2D eigenvalue weighted by Crippen LogP contribution is 2.28. The third-order valence-electron chi connectivity index (χ3n) is 6.11. The van der Waals surface area contributed by atoms with Crippen LogP contribution in [0.3, 0.4) is 0 Å². The zero-order chi connectivity index (χ0) is 23.9. The van der Waals surface area contributed by atoms with Crippen molar-refractivity contribution in [1.82, 2.24) is 10.4 Å². The van der Waals surface area contributed by atoms with E-state index < -0.39 is 18.1 Å². The Labute approximate surface area is 200 Å². The first kappa shape index (κ1) is 23.7. The van der Waals surface area contributed by atoms with E-state index in [1.54, 1.807) is 6.07 Å². The van der Waals surface area contributed by atoms with Crippen molar-refractivity contribution in [1.29, 1.82) is 0 Å². The van der Waals surface area contributed by atoms with Crippen LogP contribution in [0.4, 0.5) is 0 Å². The SMILES string of the molecule is CCCc1ccc(-c2ccccc2C(=O)N2CC[C@@H](O)[C@H]2C(=O)NOCc2ccccc2)cc1. The summed E-state index contributed by atoms with van der Waals surface area (Å²) in [6.45, 7) is 2.63. The second-order valence-electron chi connectivity index (χ2n) is 8.53. The van der Waals surface area contributed by atoms with Gasteiger partial charge < -0.3 is 10.0 Å². The van der Waals surface area contributed by atoms with Gasteiger partial charge in [0, 0.05) is 12.1 Å². The van der Waals surface area contributed by atoms with Crippen LogP contribution in [0.15, 0.2) is 78.9 Å². The number of hydroxylamine groups is 1. The Bertz CT molecular complexity index is 1110. The summed E-state index contributed by atoms with van der Waals surface area (Å²) >= 11 is 0. The lowest BCUT2D eigenvalue weighted by Gasteiger charge is -2.26. The molecule has 2 atom stereocenters. The average molecular weight is 459 g/mol. The second-order valence-corrected chi connectivity index (χ2v) is 8.53. The summed E-state index contributed by atoms with van der Waals surface area (Å²) in [5.41, 5.74) is 6.82. The normalized spacial score (nSPS) is 17.5. The molecule has 176 valence electrons. The van der Waals surface area contributed by atoms with Crippen LogP contribution in [0.1, 0.15) is 41.3 Å². The molecular weight excluding hydrogens is 428 g/mol. The van der Waals surface area contributed by atoms with E-state index in [1.165, 1.54) is 10.5 Å². The molecule has 0 radical (unpaired) electrons. The maximum Gasteiger partial charge on any atom is 0.269 e. The number of aliphatic hydroxyl groups is 1. The van der Waals surface area contributed by atoms with Gasteiger partial charge in [-0.25, -0.2) is 5.48 Å². The van der Waals surface area contributed by atoms with E-state index in [2.05, 4.69) is 24.5 Å². The average Bonchev–Trinajstić information content (AvgIpc) is 3.26. The van der Waals surface area contributed by atoms with E-state index in [0.717, 1.165) is 29.5 Å². The molecule has 0 spiro atoms. The van der Waals surface area contributed by atoms with Crippen molar-refractivity contribution >= 4 is 11.8 Å². The molecule has 0 bridgehead atoms. The molecule has 34 heavy (non-hydrogen) atoms. The van der Waals surface area contributed by atoms with Crippen LogP contribution in [0.2, 0.25) is 0 Å². The molecule has 6 nitrogen and oxygen atoms in total. The smallest absolute Gasteiger partial charge is 0.269 e. The van der Waals surface area contributed by atoms with Gasteiger partial charge in [-0.1, -0.05) is 86.1 Å². The molecule has 1 aliphatic rings. The number of aryl methyl sites for hydroxylation is 1. The number of likely N-dealkylation sites (tertiary alicyclic amines) is 1. The van der Waals surface area contributed by atoms with Crippen molar-refractivity contribution in [3.63, 3.8) is 0 Å². The predicted molar refractivity (Wildman–Crippen MR) is 131 cm³/mol. The lowest BCUT2D eigenvalue weighted by molar-refractivity contribution is -0.141. The predicted octanol–water partition coefficient (Wildman–Crippen LogP) is 4.13. The van der Waals surface area contributed by atoms with Gasteiger partial charge >= 0.3 is 0 Å². The molecule has 1 heterocycles. The van der Waals surface area contributed by atoms with Gasteiger partial charge in [-0.3, -0.25) is 14.4 Å². The highest BCUT2D eigenvalue weighted by Gasteiger charge is 2.42. The number of carbonyl (C=O) groups is 2. The standard InChI is InChI=1S/C28H30N2O4/c1-2-8-20-13-15-22(16-14-20)23-11-6-7-12-24(23)28(33)30-18-17-25(31)26(30)27(32)29-34-19-21-9-4-3-5-10-21/h3-7,9-16,25-26,31H,2,8,17-19H2,1H3,(H,29,32)/t25-,26+/m1/s1. The van der Waals surface area contributed by atoms with Gasteiger partial charge in [-0.2, -0.15) is 0 Å². The summed E-state index contributed by atoms with van der Waals surface area (Å²) in [6.07, 6.45) is 1.46. The maximum atomic E-state index is 13.6. The molecule has 0 unspecified atom stereocenters. The van der Waals surface area contributed by atoms with Gasteiger partial charge in [-0.15, -0.1) is 0 Å². The zero-order valence-electron chi connectivity index (χ0n) is 19.3. The van der Waals surface area contributed by atoms with Crippen molar-refractivity contribution in [2.45, 2.75) is 44.9 Å². The summed E-state index contributed by atoms with van der Waals surface area (Å²) in [7, 11) is 0. The van der Waals surface area contributed by atoms with Gasteiger partial charge in [0.15, 0.2) is 0 Å². The van der Waals surface area contributed by atoms with Gasteiger partial charge in [-0.05, 0) is 41.2 Å². The first-order valence-electron chi connectivity index (χ1n) is 11.7. The van der Waals surface area contributed by atoms with Crippen molar-refractivity contribution < 1.29 is 19.5 Å². The minimum atomic E-state index is -1.01. The topological polar surface area (TPSA) is 78.9 Å². The van der Waals surface area contributed by atoms with E-state index in [-0.39, 0.29) is 12.5 Å². The zero-order valence-corrected chi connectivity index (χ0v) is 19.3. The third-order valence-corrected chi connectivity index (χ3v) is 6.11. The van der Waals surface area contributed by atoms with Gasteiger partial charge in [0.05, 0.1) is 12.7 Å². The van der Waals surface area contributed by atoms with Crippen LogP contribution in [0.5, 0.6) is 0 Å². The van der Waals surface area contributed by atoms with E-state index >= 15 is 0 Å². The van der Waals surface area contributed by atoms with E-state index in [1.807, 2.05) is 60.7 Å². The first-order valence-corrected chi connectivity index (χ1v) is 11.7. The number of hydrogen-bond acceptors (Lipinski definition) is 4. The number of benzene rings is 3. The van der Waals surface area contributed by atoms with Gasteiger partial charge in [0.25, 0.3) is 11.8 Å². The number of hydrogen-bond donors (Lipinski definition) is 2. The number of rotatable bonds is 8. The third kappa shape index (κ3) is 5.35. The van der Waals surface area contributed by atoms with E-state index in [0.29, 0.717) is 18.5 Å². The number of aliphatic hydroxyl groups excluding tert-OH is 1. The molecule has 0 aromatic heterocycles. The molecule has 3 aromatic rings. The monoisotopic (exact) mass is 458 g/mol. The van der Waals surface area contributed by atoms with Crippen LogP contribution in [0, 0.1) is 0 Å². The Kier molecular flexibility index (Phi) is 7.72. The van der Waals surface area contributed by atoms with Crippen molar-refractivity contribution in [2.75, 3.05) is 6.54 Å². The number of nitrogens with one attached hydrogen (secondary N) is 1. The fourth-order valence-electron chi connectivity index (χ4n) is 4.36. The molecule has 1 saturated heterocycles. The molecule has 0 saturated carbocycles. The number of nitrogens with zero attached hydrogens (tertiary/aromatic N) is 1. The van der Waals surface area contributed by atoms with Gasteiger partial charge in [0.2, 0.25) is 0 Å². The largest absolute Gasteiger partial charge is 0.390 e. The van der Waals surface area contributed by atoms with E-state index in [9.17, 15) is 14.7 Å². The summed E-state index contributed by atoms with van der Waals surface area (Å²) < 4.78 is 0. The molecule has 2 amide bonds. The molecule has 0 aliphatic carbocycles. The number of amides is 2. The van der Waals surface area contributed by atoms with Crippen LogP contribution in [-0.2, 0) is 22.7 Å². The number of carbonyl (C=O) groups excluding carboxylic acids is 2. The van der Waals surface area contributed by atoms with Crippen molar-refractivity contribution in [3.05, 3.63) is 95.6 Å². The highest BCUT2D eigenvalue weighted by molar-refractivity contribution is 6.03. The Morgan fingerprint density at radius 1 is 0.971 bits per heavy atom. The second kappa shape index (κ2) is 11.1. The fraction of sp³-hybridized carbons (Fsp3) is 0.286. The Morgan fingerprint density at radius 2 is 1.68 bits per heavy atom. The van der Waals surface area contributed by atoms with Crippen LogP contribution in [-0.4, -0.2) is 40.5 Å². The van der Waals surface area contributed by atoms with Crippen LogP contribution >= 0.6 is 0 Å². The molecule has 2 N–H and O–H groups in total. The Balaban J connectivity index is 1.50. The molecule has 4 rings (SSSR count). The van der Waals surface area contributed by atoms with Gasteiger partial charge in [0.1, 0.15) is 6.04 Å². The lowest BCUT2D eigenvalue weighted by atomic mass is 9.97. The molecule has 3 aromatic carbocycles. The van der Waals surface area contributed by atoms with Crippen LogP contribution < -0.4 is 5.48 Å². The summed E-state index contributed by atoms with van der Waals surface area (Å²) in [5.74, 6) is -0.816. The first-order chi connectivity index (χ1) is 16.6. The minimum absolute atomic E-state index is 0.195. The van der Waals surface area contributed by atoms with E-state index in [4.69, 9.17) is 4.84 Å². The summed E-state index contributed by atoms with van der Waals surface area (Å²) in [6, 6.07) is 24.0. The molecule has 6 heteroatoms. The Morgan fingerprint density at radius 3 is 2.41 bits per heavy atom. The fourth-order valence-corrected chi connectivity index (χ4v) is 4.36. The lowest BCUT2D eigenvalue weighted by Crippen LogP contribution is -2.50. The minimum Gasteiger partial charge on any atom is -0.390 e. The summed E-state index contributed by atoms with van der Waals surface area (Å²) in [5, 5.41) is 10.5.